The van der Waals surface area contributed by atoms with Crippen LogP contribution in [0.15, 0.2) is 36.5 Å². The zero-order valence-electron chi connectivity index (χ0n) is 15.9. The fourth-order valence-electron chi connectivity index (χ4n) is 3.95. The summed E-state index contributed by atoms with van der Waals surface area (Å²) in [4.78, 5) is 27.1. The average Bonchev–Trinajstić information content (AvgIpc) is 3.53. The topological polar surface area (TPSA) is 91.3 Å². The number of hydrogen-bond donors (Lipinski definition) is 1. The first-order valence-electron chi connectivity index (χ1n) is 9.96. The van der Waals surface area contributed by atoms with E-state index < -0.39 is 17.8 Å². The minimum Gasteiger partial charge on any atom is -0.550 e. The molecule has 4 rings (SSSR count). The number of hydrogen-bond acceptors (Lipinski definition) is 5. The molecule has 0 spiro atoms. The second kappa shape index (κ2) is 8.41. The highest BCUT2D eigenvalue weighted by molar-refractivity contribution is 6.30. The van der Waals surface area contributed by atoms with Crippen LogP contribution in [0.1, 0.15) is 50.0 Å². The van der Waals surface area contributed by atoms with Gasteiger partial charge in [0.15, 0.2) is 0 Å². The second-order valence-electron chi connectivity index (χ2n) is 7.76. The number of carbonyl (C=O) groups is 2. The summed E-state index contributed by atoms with van der Waals surface area (Å²) in [6, 6.07) is 9.02. The van der Waals surface area contributed by atoms with Gasteiger partial charge in [-0.05, 0) is 55.0 Å². The lowest BCUT2D eigenvalue weighted by Gasteiger charge is -2.24. The number of rotatable bonds is 6. The number of ether oxygens (including phenoxy) is 1. The average molecular weight is 414 g/mol. The highest BCUT2D eigenvalue weighted by Crippen LogP contribution is 2.40. The fourth-order valence-corrected chi connectivity index (χ4v) is 4.13. The maximum atomic E-state index is 12.0. The number of nitrogens with zero attached hydrogens (tertiary/aromatic N) is 1. The molecule has 2 aliphatic carbocycles. The Kier molecular flexibility index (Phi) is 5.72. The van der Waals surface area contributed by atoms with Crippen molar-refractivity contribution in [2.75, 3.05) is 5.32 Å². The molecule has 29 heavy (non-hydrogen) atoms. The van der Waals surface area contributed by atoms with Crippen molar-refractivity contribution in [3.05, 3.63) is 47.1 Å². The molecule has 6 nitrogen and oxygen atoms in total. The van der Waals surface area contributed by atoms with Gasteiger partial charge in [-0.1, -0.05) is 30.9 Å². The summed E-state index contributed by atoms with van der Waals surface area (Å²) in [6.07, 6.45) is 7.77. The Morgan fingerprint density at radius 2 is 1.90 bits per heavy atom. The summed E-state index contributed by atoms with van der Waals surface area (Å²) in [5.41, 5.74) is 1.60. The number of aromatic nitrogens is 1. The Labute approximate surface area is 174 Å². The van der Waals surface area contributed by atoms with Crippen LogP contribution >= 0.6 is 11.6 Å². The molecular weight excluding hydrogens is 392 g/mol. The predicted octanol–water partition coefficient (Wildman–Crippen LogP) is 3.90. The molecule has 1 heterocycles. The highest BCUT2D eigenvalue weighted by Gasteiger charge is 2.43. The summed E-state index contributed by atoms with van der Waals surface area (Å²) in [6.45, 7) is 0. The molecule has 2 aromatic rings. The summed E-state index contributed by atoms with van der Waals surface area (Å²) in [5.74, 6) is -1.11. The van der Waals surface area contributed by atoms with Crippen LogP contribution in [0.25, 0.3) is 0 Å². The molecule has 1 N–H and O–H groups in total. The van der Waals surface area contributed by atoms with Crippen LogP contribution in [0.4, 0.5) is 5.69 Å². The summed E-state index contributed by atoms with van der Waals surface area (Å²) in [7, 11) is 0. The first kappa shape index (κ1) is 19.7. The van der Waals surface area contributed by atoms with Crippen LogP contribution in [0.2, 0.25) is 5.02 Å². The number of nitrogens with one attached hydrogen (secondary N) is 1. The van der Waals surface area contributed by atoms with E-state index in [-0.39, 0.29) is 5.91 Å². The highest BCUT2D eigenvalue weighted by atomic mass is 35.5. The van der Waals surface area contributed by atoms with Gasteiger partial charge in [-0.2, -0.15) is 0 Å². The van der Waals surface area contributed by atoms with E-state index in [1.54, 1.807) is 18.2 Å². The lowest BCUT2D eigenvalue weighted by molar-refractivity contribution is -0.308. The minimum atomic E-state index is -1.18. The van der Waals surface area contributed by atoms with Crippen molar-refractivity contribution in [3.8, 4) is 11.6 Å². The Balaban J connectivity index is 1.43. The molecule has 1 aromatic carbocycles. The molecule has 1 aromatic heterocycles. The van der Waals surface area contributed by atoms with E-state index in [0.717, 1.165) is 24.2 Å². The van der Waals surface area contributed by atoms with Crippen LogP contribution in [-0.2, 0) is 9.59 Å². The largest absolute Gasteiger partial charge is 0.550 e. The third-order valence-electron chi connectivity index (χ3n) is 5.67. The minimum absolute atomic E-state index is 0.323. The van der Waals surface area contributed by atoms with Crippen LogP contribution < -0.4 is 15.2 Å². The van der Waals surface area contributed by atoms with E-state index in [2.05, 4.69) is 10.3 Å². The van der Waals surface area contributed by atoms with Gasteiger partial charge >= 0.3 is 0 Å². The maximum Gasteiger partial charge on any atom is 0.228 e. The second-order valence-corrected chi connectivity index (χ2v) is 8.20. The van der Waals surface area contributed by atoms with E-state index in [4.69, 9.17) is 16.3 Å². The zero-order chi connectivity index (χ0) is 20.4. The molecule has 2 aliphatic rings. The zero-order valence-corrected chi connectivity index (χ0v) is 16.7. The number of carboxylic acid groups (broad SMARTS) is 1. The van der Waals surface area contributed by atoms with E-state index in [1.165, 1.54) is 25.5 Å². The molecule has 0 aliphatic heterocycles. The summed E-state index contributed by atoms with van der Waals surface area (Å²) in [5, 5.41) is 14.2. The molecule has 2 saturated carbocycles. The van der Waals surface area contributed by atoms with Gasteiger partial charge in [0.1, 0.15) is 5.75 Å². The van der Waals surface area contributed by atoms with Gasteiger partial charge in [-0.3, -0.25) is 4.79 Å². The van der Waals surface area contributed by atoms with E-state index in [1.807, 2.05) is 12.1 Å². The Morgan fingerprint density at radius 3 is 2.55 bits per heavy atom. The van der Waals surface area contributed by atoms with Crippen LogP contribution in [0, 0.1) is 11.8 Å². The summed E-state index contributed by atoms with van der Waals surface area (Å²) >= 11 is 6.22. The van der Waals surface area contributed by atoms with Gasteiger partial charge in [-0.15, -0.1) is 0 Å². The van der Waals surface area contributed by atoms with Gasteiger partial charge in [0.05, 0.1) is 11.9 Å². The van der Waals surface area contributed by atoms with Gasteiger partial charge in [0.2, 0.25) is 11.8 Å². The Hall–Kier alpha value is -2.60. The third-order valence-corrected chi connectivity index (χ3v) is 5.90. The third kappa shape index (κ3) is 4.70. The summed E-state index contributed by atoms with van der Waals surface area (Å²) < 4.78 is 6.02. The van der Waals surface area contributed by atoms with Crippen molar-refractivity contribution in [1.29, 1.82) is 0 Å². The standard InChI is InChI=1S/C22H23ClN2O4/c23-14-6-8-19(16(10-14)13-4-2-1-3-5-13)29-20-9-7-15(12-24-20)25-21(26)17-11-18(17)22(27)28/h6-10,12-13,17-18H,1-5,11H2,(H,25,26)(H,27,28)/p-1/t17-,18+/m0/s1. The van der Waals surface area contributed by atoms with E-state index >= 15 is 0 Å². The van der Waals surface area contributed by atoms with Crippen LogP contribution in [0.3, 0.4) is 0 Å². The number of halogens is 1. The Morgan fingerprint density at radius 1 is 1.10 bits per heavy atom. The first-order chi connectivity index (χ1) is 14.0. The molecule has 0 bridgehead atoms. The number of pyridine rings is 1. The quantitative estimate of drug-likeness (QED) is 0.775. The number of anilines is 1. The number of aliphatic carboxylic acids is 1. The monoisotopic (exact) mass is 413 g/mol. The first-order valence-corrected chi connectivity index (χ1v) is 10.3. The predicted molar refractivity (Wildman–Crippen MR) is 107 cm³/mol. The van der Waals surface area contributed by atoms with Crippen molar-refractivity contribution >= 4 is 29.2 Å². The van der Waals surface area contributed by atoms with Gasteiger partial charge in [-0.25, -0.2) is 4.98 Å². The van der Waals surface area contributed by atoms with Gasteiger partial charge < -0.3 is 20.0 Å². The Bertz CT molecular complexity index is 910. The molecule has 1 amide bonds. The molecule has 2 fully saturated rings. The van der Waals surface area contributed by atoms with E-state index in [0.29, 0.717) is 28.9 Å². The van der Waals surface area contributed by atoms with Crippen molar-refractivity contribution in [2.45, 2.75) is 44.4 Å². The van der Waals surface area contributed by atoms with Gasteiger partial charge in [0.25, 0.3) is 0 Å². The maximum absolute atomic E-state index is 12.0. The molecule has 152 valence electrons. The molecule has 7 heteroatoms. The van der Waals surface area contributed by atoms with Crippen molar-refractivity contribution < 1.29 is 19.4 Å². The number of carbonyl (C=O) groups excluding carboxylic acids is 2. The molecule has 0 radical (unpaired) electrons. The van der Waals surface area contributed by atoms with Crippen LogP contribution in [0.5, 0.6) is 11.6 Å². The molecule has 2 atom stereocenters. The number of carboxylic acids is 1. The number of benzene rings is 1. The van der Waals surface area contributed by atoms with Gasteiger partial charge in [0, 0.05) is 28.9 Å². The SMILES string of the molecule is O=C(Nc1ccc(Oc2ccc(Cl)cc2C2CCCCC2)nc1)[C@H]1C[C@H]1C(=O)[O-]. The molecular formula is C22H22ClN2O4-. The van der Waals surface area contributed by atoms with Crippen molar-refractivity contribution in [2.24, 2.45) is 11.8 Å². The smallest absolute Gasteiger partial charge is 0.228 e. The lowest BCUT2D eigenvalue weighted by atomic mass is 9.84. The normalized spacial score (nSPS) is 21.4. The van der Waals surface area contributed by atoms with Crippen molar-refractivity contribution in [3.63, 3.8) is 0 Å². The van der Waals surface area contributed by atoms with Crippen LogP contribution in [-0.4, -0.2) is 16.9 Å². The molecule has 0 unspecified atom stereocenters. The molecule has 0 saturated heterocycles. The van der Waals surface area contributed by atoms with E-state index in [9.17, 15) is 14.7 Å². The van der Waals surface area contributed by atoms with Crippen molar-refractivity contribution in [1.82, 2.24) is 4.98 Å². The lowest BCUT2D eigenvalue weighted by Crippen LogP contribution is -2.27. The fraction of sp³-hybridized carbons (Fsp3) is 0.409. The number of amides is 1.